The Kier molecular flexibility index (Phi) is 9.45. The summed E-state index contributed by atoms with van der Waals surface area (Å²) in [5, 5.41) is 3.33. The van der Waals surface area contributed by atoms with E-state index in [2.05, 4.69) is 31.0 Å². The third kappa shape index (κ3) is 6.87. The molecule has 1 saturated heterocycles. The Hall–Kier alpha value is -0.570. The minimum atomic E-state index is 0.000117. The Morgan fingerprint density at radius 2 is 1.50 bits per heavy atom. The lowest BCUT2D eigenvalue weighted by Crippen LogP contribution is -2.55. The molecule has 0 aromatic rings. The van der Waals surface area contributed by atoms with Gasteiger partial charge >= 0.3 is 0 Å². The summed E-state index contributed by atoms with van der Waals surface area (Å²) in [6, 6.07) is 0.949. The maximum absolute atomic E-state index is 12.3. The fourth-order valence-corrected chi connectivity index (χ4v) is 5.09. The summed E-state index contributed by atoms with van der Waals surface area (Å²) in [6.45, 7) is 8.01. The normalized spacial score (nSPS) is 26.2. The molecule has 1 aliphatic carbocycles. The van der Waals surface area contributed by atoms with E-state index in [0.717, 1.165) is 0 Å². The predicted molar refractivity (Wildman–Crippen MR) is 111 cm³/mol. The quantitative estimate of drug-likeness (QED) is 0.469. The molecule has 2 aliphatic rings. The molecular weight excluding hydrogens is 320 g/mol. The fraction of sp³-hybridized carbons (Fsp3) is 0.957. The van der Waals surface area contributed by atoms with E-state index >= 15 is 0 Å². The largest absolute Gasteiger partial charge is 0.352 e. The molecule has 2 unspecified atom stereocenters. The van der Waals surface area contributed by atoms with Crippen LogP contribution >= 0.6 is 0 Å². The topological polar surface area (TPSA) is 32.3 Å². The Labute approximate surface area is 162 Å². The lowest BCUT2D eigenvalue weighted by molar-refractivity contribution is -0.122. The standard InChI is InChI=1S/C23H44N2O/c1-4-5-6-7-8-9-10-11-12-15-18-25-21-17-14-13-16-20(21)24-22(26)19-23(25,2)3/h20-21H,4-19H2,1-3H3,(H,24,26). The maximum atomic E-state index is 12.3. The molecule has 0 radical (unpaired) electrons. The highest BCUT2D eigenvalue weighted by Gasteiger charge is 2.42. The highest BCUT2D eigenvalue weighted by atomic mass is 16.1. The second-order valence-electron chi connectivity index (χ2n) is 9.39. The van der Waals surface area contributed by atoms with Gasteiger partial charge in [0.25, 0.3) is 0 Å². The molecule has 0 aromatic heterocycles. The molecular formula is C23H44N2O. The van der Waals surface area contributed by atoms with Gasteiger partial charge in [-0.15, -0.1) is 0 Å². The van der Waals surface area contributed by atoms with Gasteiger partial charge in [0, 0.05) is 24.0 Å². The summed E-state index contributed by atoms with van der Waals surface area (Å²) in [7, 11) is 0. The number of carbonyl (C=O) groups is 1. The molecule has 2 atom stereocenters. The molecule has 1 heterocycles. The van der Waals surface area contributed by atoms with E-state index in [-0.39, 0.29) is 11.4 Å². The van der Waals surface area contributed by atoms with Crippen molar-refractivity contribution in [1.29, 1.82) is 0 Å². The van der Waals surface area contributed by atoms with E-state index in [9.17, 15) is 4.79 Å². The third-order valence-corrected chi connectivity index (χ3v) is 6.60. The zero-order valence-corrected chi connectivity index (χ0v) is 17.8. The molecule has 0 aromatic carbocycles. The van der Waals surface area contributed by atoms with Gasteiger partial charge in [-0.1, -0.05) is 77.6 Å². The second kappa shape index (κ2) is 11.3. The number of hydrogen-bond donors (Lipinski definition) is 1. The lowest BCUT2D eigenvalue weighted by Gasteiger charge is -2.45. The van der Waals surface area contributed by atoms with Gasteiger partial charge in [0.1, 0.15) is 0 Å². The van der Waals surface area contributed by atoms with Crippen molar-refractivity contribution in [3.63, 3.8) is 0 Å². The molecule has 26 heavy (non-hydrogen) atoms. The summed E-state index contributed by atoms with van der Waals surface area (Å²) in [5.41, 5.74) is 0.000117. The van der Waals surface area contributed by atoms with Gasteiger partial charge in [0.2, 0.25) is 5.91 Å². The number of hydrogen-bond acceptors (Lipinski definition) is 2. The van der Waals surface area contributed by atoms with Crippen LogP contribution < -0.4 is 5.32 Å². The van der Waals surface area contributed by atoms with E-state index in [1.165, 1.54) is 96.4 Å². The first-order chi connectivity index (χ1) is 12.5. The van der Waals surface area contributed by atoms with Gasteiger partial charge in [-0.05, 0) is 39.7 Å². The number of amides is 1. The van der Waals surface area contributed by atoms with Crippen molar-refractivity contribution in [2.24, 2.45) is 0 Å². The molecule has 0 bridgehead atoms. The molecule has 1 N–H and O–H groups in total. The Bertz CT molecular complexity index is 407. The van der Waals surface area contributed by atoms with Gasteiger partial charge < -0.3 is 5.32 Å². The zero-order valence-electron chi connectivity index (χ0n) is 17.8. The lowest BCUT2D eigenvalue weighted by atomic mass is 9.86. The molecule has 2 rings (SSSR count). The highest BCUT2D eigenvalue weighted by molar-refractivity contribution is 5.78. The number of carbonyl (C=O) groups excluding carboxylic acids is 1. The average Bonchev–Trinajstić information content (AvgIpc) is 2.69. The van der Waals surface area contributed by atoms with E-state index in [0.29, 0.717) is 18.5 Å². The number of rotatable bonds is 11. The van der Waals surface area contributed by atoms with E-state index in [1.807, 2.05) is 0 Å². The summed E-state index contributed by atoms with van der Waals surface area (Å²) in [5.74, 6) is 0.262. The molecule has 2 fully saturated rings. The summed E-state index contributed by atoms with van der Waals surface area (Å²) >= 11 is 0. The smallest absolute Gasteiger partial charge is 0.222 e. The summed E-state index contributed by atoms with van der Waals surface area (Å²) in [4.78, 5) is 15.0. The van der Waals surface area contributed by atoms with E-state index in [4.69, 9.17) is 0 Å². The molecule has 1 aliphatic heterocycles. The van der Waals surface area contributed by atoms with E-state index in [1.54, 1.807) is 0 Å². The highest BCUT2D eigenvalue weighted by Crippen LogP contribution is 2.33. The Balaban J connectivity index is 1.69. The van der Waals surface area contributed by atoms with Crippen molar-refractivity contribution >= 4 is 5.91 Å². The van der Waals surface area contributed by atoms with E-state index < -0.39 is 0 Å². The van der Waals surface area contributed by atoms with Crippen molar-refractivity contribution in [3.05, 3.63) is 0 Å². The monoisotopic (exact) mass is 364 g/mol. The van der Waals surface area contributed by atoms with Crippen molar-refractivity contribution < 1.29 is 4.79 Å². The van der Waals surface area contributed by atoms with Crippen molar-refractivity contribution in [3.8, 4) is 0 Å². The number of nitrogens with zero attached hydrogens (tertiary/aromatic N) is 1. The van der Waals surface area contributed by atoms with Gasteiger partial charge in [-0.2, -0.15) is 0 Å². The third-order valence-electron chi connectivity index (χ3n) is 6.60. The Morgan fingerprint density at radius 3 is 2.15 bits per heavy atom. The second-order valence-corrected chi connectivity index (χ2v) is 9.39. The molecule has 1 saturated carbocycles. The van der Waals surface area contributed by atoms with Gasteiger partial charge in [0.05, 0.1) is 0 Å². The number of fused-ring (bicyclic) bond motifs is 1. The van der Waals surface area contributed by atoms with Gasteiger partial charge in [0.15, 0.2) is 0 Å². The van der Waals surface area contributed by atoms with Crippen molar-refractivity contribution in [1.82, 2.24) is 10.2 Å². The molecule has 3 nitrogen and oxygen atoms in total. The van der Waals surface area contributed by atoms with Crippen molar-refractivity contribution in [2.75, 3.05) is 6.54 Å². The number of nitrogens with one attached hydrogen (secondary N) is 1. The maximum Gasteiger partial charge on any atom is 0.222 e. The van der Waals surface area contributed by atoms with Crippen molar-refractivity contribution in [2.45, 2.75) is 135 Å². The van der Waals surface area contributed by atoms with Crippen LogP contribution in [0.1, 0.15) is 117 Å². The SMILES string of the molecule is CCCCCCCCCCCCN1C2CCCCC2NC(=O)CC1(C)C. The van der Waals surface area contributed by atoms with Gasteiger partial charge in [-0.25, -0.2) is 0 Å². The molecule has 1 amide bonds. The number of unbranched alkanes of at least 4 members (excludes halogenated alkanes) is 9. The Morgan fingerprint density at radius 1 is 0.923 bits per heavy atom. The van der Waals surface area contributed by atoms with Crippen LogP contribution in [0.5, 0.6) is 0 Å². The predicted octanol–water partition coefficient (Wildman–Crippen LogP) is 5.82. The first-order valence-corrected chi connectivity index (χ1v) is 11.6. The zero-order chi connectivity index (χ0) is 18.8. The first-order valence-electron chi connectivity index (χ1n) is 11.6. The molecule has 152 valence electrons. The average molecular weight is 365 g/mol. The minimum absolute atomic E-state index is 0.000117. The van der Waals surface area contributed by atoms with Crippen LogP contribution in [0.15, 0.2) is 0 Å². The van der Waals surface area contributed by atoms with Crippen LogP contribution in [-0.2, 0) is 4.79 Å². The van der Waals surface area contributed by atoms with Crippen LogP contribution in [0.2, 0.25) is 0 Å². The van der Waals surface area contributed by atoms with Crippen LogP contribution in [0, 0.1) is 0 Å². The minimum Gasteiger partial charge on any atom is -0.352 e. The summed E-state index contributed by atoms with van der Waals surface area (Å²) in [6.07, 6.45) is 19.5. The fourth-order valence-electron chi connectivity index (χ4n) is 5.09. The summed E-state index contributed by atoms with van der Waals surface area (Å²) < 4.78 is 0. The first kappa shape index (κ1) is 21.7. The van der Waals surface area contributed by atoms with Crippen LogP contribution in [0.3, 0.4) is 0 Å². The van der Waals surface area contributed by atoms with Crippen LogP contribution in [0.4, 0.5) is 0 Å². The van der Waals surface area contributed by atoms with Crippen LogP contribution in [-0.4, -0.2) is 35.0 Å². The molecule has 0 spiro atoms. The molecule has 3 heteroatoms. The van der Waals surface area contributed by atoms with Gasteiger partial charge in [-0.3, -0.25) is 9.69 Å². The van der Waals surface area contributed by atoms with Crippen LogP contribution in [0.25, 0.3) is 0 Å².